The number of hydrogen-bond donors (Lipinski definition) is 1. The number of aromatic nitrogens is 3. The van der Waals surface area contributed by atoms with Crippen molar-refractivity contribution in [2.24, 2.45) is 0 Å². The van der Waals surface area contributed by atoms with Gasteiger partial charge in [-0.25, -0.2) is 0 Å². The zero-order chi connectivity index (χ0) is 18.7. The Morgan fingerprint density at radius 2 is 2.04 bits per heavy atom. The van der Waals surface area contributed by atoms with Crippen molar-refractivity contribution in [2.45, 2.75) is 19.6 Å². The van der Waals surface area contributed by atoms with Crippen molar-refractivity contribution >= 4 is 5.91 Å². The topological polar surface area (TPSA) is 80.9 Å². The van der Waals surface area contributed by atoms with Gasteiger partial charge in [-0.2, -0.15) is 18.2 Å². The van der Waals surface area contributed by atoms with Crippen molar-refractivity contribution in [3.63, 3.8) is 0 Å². The molecule has 0 atom stereocenters. The fourth-order valence-corrected chi connectivity index (χ4v) is 2.25. The van der Waals surface area contributed by atoms with E-state index in [0.29, 0.717) is 17.1 Å². The Hall–Kier alpha value is -3.23. The minimum atomic E-state index is -4.51. The third-order valence-electron chi connectivity index (χ3n) is 3.57. The molecule has 6 nitrogen and oxygen atoms in total. The van der Waals surface area contributed by atoms with Gasteiger partial charge in [-0.05, 0) is 37.3 Å². The number of alkyl halides is 3. The zero-order valence-electron chi connectivity index (χ0n) is 13.5. The van der Waals surface area contributed by atoms with Crippen LogP contribution >= 0.6 is 0 Å². The van der Waals surface area contributed by atoms with E-state index >= 15 is 0 Å². The summed E-state index contributed by atoms with van der Waals surface area (Å²) in [5, 5.41) is 6.27. The van der Waals surface area contributed by atoms with Gasteiger partial charge in [0, 0.05) is 23.0 Å². The SMILES string of the molecule is Cc1ncccc1-c1noc(CNC(=O)c2cccc(C(F)(F)F)c2)n1. The highest BCUT2D eigenvalue weighted by molar-refractivity contribution is 5.94. The van der Waals surface area contributed by atoms with Gasteiger partial charge in [0.15, 0.2) is 0 Å². The summed E-state index contributed by atoms with van der Waals surface area (Å²) < 4.78 is 43.2. The van der Waals surface area contributed by atoms with E-state index in [-0.39, 0.29) is 18.0 Å². The van der Waals surface area contributed by atoms with E-state index in [0.717, 1.165) is 12.1 Å². The lowest BCUT2D eigenvalue weighted by molar-refractivity contribution is -0.137. The van der Waals surface area contributed by atoms with Gasteiger partial charge in [0.25, 0.3) is 5.91 Å². The van der Waals surface area contributed by atoms with Crippen LogP contribution in [0.1, 0.15) is 27.5 Å². The third kappa shape index (κ3) is 3.88. The van der Waals surface area contributed by atoms with Crippen LogP contribution in [0.3, 0.4) is 0 Å². The Labute approximate surface area is 146 Å². The summed E-state index contributed by atoms with van der Waals surface area (Å²) in [5.41, 5.74) is 0.402. The van der Waals surface area contributed by atoms with E-state index in [4.69, 9.17) is 4.52 Å². The molecule has 1 amide bonds. The Bertz CT molecular complexity index is 938. The predicted molar refractivity (Wildman–Crippen MR) is 84.9 cm³/mol. The maximum absolute atomic E-state index is 12.7. The molecule has 1 aromatic carbocycles. The van der Waals surface area contributed by atoms with E-state index in [9.17, 15) is 18.0 Å². The summed E-state index contributed by atoms with van der Waals surface area (Å²) in [6.07, 6.45) is -2.88. The lowest BCUT2D eigenvalue weighted by atomic mass is 10.1. The first kappa shape index (κ1) is 17.6. The molecule has 0 unspecified atom stereocenters. The molecule has 0 aliphatic carbocycles. The molecule has 26 heavy (non-hydrogen) atoms. The van der Waals surface area contributed by atoms with Crippen molar-refractivity contribution in [1.29, 1.82) is 0 Å². The second-order valence-electron chi connectivity index (χ2n) is 5.41. The molecule has 0 fully saturated rings. The molecular weight excluding hydrogens is 349 g/mol. The van der Waals surface area contributed by atoms with Crippen LogP contribution in [0, 0.1) is 6.92 Å². The van der Waals surface area contributed by atoms with Gasteiger partial charge in [0.05, 0.1) is 12.1 Å². The molecule has 1 N–H and O–H groups in total. The van der Waals surface area contributed by atoms with Gasteiger partial charge in [-0.3, -0.25) is 9.78 Å². The van der Waals surface area contributed by atoms with Crippen molar-refractivity contribution in [1.82, 2.24) is 20.4 Å². The van der Waals surface area contributed by atoms with Crippen LogP contribution in [-0.2, 0) is 12.7 Å². The lowest BCUT2D eigenvalue weighted by Crippen LogP contribution is -2.23. The standard InChI is InChI=1S/C17H13F3N4O2/c1-10-13(6-3-7-21-10)15-23-14(26-24-15)9-22-16(25)11-4-2-5-12(8-11)17(18,19)20/h2-8H,9H2,1H3,(H,22,25). The summed E-state index contributed by atoms with van der Waals surface area (Å²) in [4.78, 5) is 20.3. The molecule has 0 aliphatic rings. The van der Waals surface area contributed by atoms with Crippen LogP contribution in [0.15, 0.2) is 47.1 Å². The highest BCUT2D eigenvalue weighted by atomic mass is 19.4. The number of aryl methyl sites for hydroxylation is 1. The molecule has 0 saturated carbocycles. The van der Waals surface area contributed by atoms with Crippen LogP contribution < -0.4 is 5.32 Å². The van der Waals surface area contributed by atoms with Gasteiger partial charge < -0.3 is 9.84 Å². The first-order chi connectivity index (χ1) is 12.3. The first-order valence-corrected chi connectivity index (χ1v) is 7.54. The molecule has 2 aromatic heterocycles. The first-order valence-electron chi connectivity index (χ1n) is 7.54. The van der Waals surface area contributed by atoms with Crippen LogP contribution in [0.25, 0.3) is 11.4 Å². The molecule has 3 aromatic rings. The fourth-order valence-electron chi connectivity index (χ4n) is 2.25. The molecule has 0 radical (unpaired) electrons. The molecule has 0 aliphatic heterocycles. The van der Waals surface area contributed by atoms with Gasteiger partial charge in [-0.1, -0.05) is 11.2 Å². The quantitative estimate of drug-likeness (QED) is 0.769. The highest BCUT2D eigenvalue weighted by Gasteiger charge is 2.30. The van der Waals surface area contributed by atoms with E-state index in [2.05, 4.69) is 20.4 Å². The molecular formula is C17H13F3N4O2. The summed E-state index contributed by atoms with van der Waals surface area (Å²) in [6.45, 7) is 1.68. The van der Waals surface area contributed by atoms with Gasteiger partial charge in [0.1, 0.15) is 0 Å². The van der Waals surface area contributed by atoms with E-state index < -0.39 is 17.6 Å². The number of nitrogens with one attached hydrogen (secondary N) is 1. The van der Waals surface area contributed by atoms with Gasteiger partial charge in [0.2, 0.25) is 11.7 Å². The van der Waals surface area contributed by atoms with Gasteiger partial charge >= 0.3 is 6.18 Å². The third-order valence-corrected chi connectivity index (χ3v) is 3.57. The van der Waals surface area contributed by atoms with Crippen LogP contribution in [0.5, 0.6) is 0 Å². The molecule has 0 saturated heterocycles. The molecule has 0 bridgehead atoms. The van der Waals surface area contributed by atoms with Crippen molar-refractivity contribution in [3.05, 3.63) is 65.3 Å². The number of carbonyl (C=O) groups is 1. The number of halogens is 3. The van der Waals surface area contributed by atoms with E-state index in [1.54, 1.807) is 25.3 Å². The van der Waals surface area contributed by atoms with Crippen LogP contribution in [0.4, 0.5) is 13.2 Å². The average Bonchev–Trinajstić information content (AvgIpc) is 3.08. The zero-order valence-corrected chi connectivity index (χ0v) is 13.5. The summed E-state index contributed by atoms with van der Waals surface area (Å²) in [5.74, 6) is -0.226. The second-order valence-corrected chi connectivity index (χ2v) is 5.41. The summed E-state index contributed by atoms with van der Waals surface area (Å²) >= 11 is 0. The molecule has 0 spiro atoms. The Morgan fingerprint density at radius 1 is 1.23 bits per heavy atom. The largest absolute Gasteiger partial charge is 0.416 e. The Balaban J connectivity index is 1.68. The second kappa shape index (κ2) is 6.95. The van der Waals surface area contributed by atoms with Crippen molar-refractivity contribution in [3.8, 4) is 11.4 Å². The normalized spacial score (nSPS) is 11.4. The summed E-state index contributed by atoms with van der Waals surface area (Å²) in [6, 6.07) is 7.66. The maximum atomic E-state index is 12.7. The number of rotatable bonds is 4. The van der Waals surface area contributed by atoms with Crippen LogP contribution in [-0.4, -0.2) is 21.0 Å². The molecule has 2 heterocycles. The lowest BCUT2D eigenvalue weighted by Gasteiger charge is -2.08. The number of nitrogens with zero attached hydrogens (tertiary/aromatic N) is 3. The minimum Gasteiger partial charge on any atom is -0.343 e. The molecule has 3 rings (SSSR count). The number of hydrogen-bond acceptors (Lipinski definition) is 5. The van der Waals surface area contributed by atoms with Crippen LogP contribution in [0.2, 0.25) is 0 Å². The van der Waals surface area contributed by atoms with E-state index in [1.807, 2.05) is 0 Å². The molecule has 134 valence electrons. The molecule has 9 heteroatoms. The van der Waals surface area contributed by atoms with E-state index in [1.165, 1.54) is 12.1 Å². The smallest absolute Gasteiger partial charge is 0.343 e. The van der Waals surface area contributed by atoms with Gasteiger partial charge in [-0.15, -0.1) is 0 Å². The number of pyridine rings is 1. The fraction of sp³-hybridized carbons (Fsp3) is 0.176. The summed E-state index contributed by atoms with van der Waals surface area (Å²) in [7, 11) is 0. The minimum absolute atomic E-state index is 0.109. The number of benzene rings is 1. The predicted octanol–water partition coefficient (Wildman–Crippen LogP) is 3.39. The van der Waals surface area contributed by atoms with Crippen molar-refractivity contribution in [2.75, 3.05) is 0 Å². The monoisotopic (exact) mass is 362 g/mol. The average molecular weight is 362 g/mol. The Morgan fingerprint density at radius 3 is 2.77 bits per heavy atom. The number of amides is 1. The Kier molecular flexibility index (Phi) is 4.70. The maximum Gasteiger partial charge on any atom is 0.416 e. The van der Waals surface area contributed by atoms with Crippen molar-refractivity contribution < 1.29 is 22.5 Å². The highest BCUT2D eigenvalue weighted by Crippen LogP contribution is 2.29. The number of carbonyl (C=O) groups excluding carboxylic acids is 1.